The summed E-state index contributed by atoms with van der Waals surface area (Å²) in [5.74, 6) is 0.758. The molecule has 3 heteroatoms. The van der Waals surface area contributed by atoms with Crippen molar-refractivity contribution in [3.63, 3.8) is 0 Å². The zero-order chi connectivity index (χ0) is 12.4. The van der Waals surface area contributed by atoms with E-state index < -0.39 is 0 Å². The van der Waals surface area contributed by atoms with Gasteiger partial charge >= 0.3 is 0 Å². The Morgan fingerprint density at radius 2 is 1.65 bits per heavy atom. The summed E-state index contributed by atoms with van der Waals surface area (Å²) in [6.07, 6.45) is 0. The third kappa shape index (κ3) is 2.34. The third-order valence-electron chi connectivity index (χ3n) is 2.99. The number of hydrogen-bond acceptors (Lipinski definition) is 3. The number of aryl methyl sites for hydroxylation is 2. The van der Waals surface area contributed by atoms with E-state index in [0.29, 0.717) is 6.54 Å². The van der Waals surface area contributed by atoms with E-state index in [4.69, 9.17) is 5.73 Å². The molecular formula is C14H17N3. The fraction of sp³-hybridized carbons (Fsp3) is 0.286. The van der Waals surface area contributed by atoms with Gasteiger partial charge in [0.15, 0.2) is 5.82 Å². The maximum Gasteiger partial charge on any atom is 0.159 e. The molecule has 0 saturated heterocycles. The maximum absolute atomic E-state index is 5.70. The number of rotatable bonds is 2. The van der Waals surface area contributed by atoms with E-state index in [1.54, 1.807) is 0 Å². The van der Waals surface area contributed by atoms with Gasteiger partial charge in [-0.2, -0.15) is 0 Å². The van der Waals surface area contributed by atoms with Crippen LogP contribution in [0.15, 0.2) is 24.3 Å². The van der Waals surface area contributed by atoms with Crippen LogP contribution in [-0.4, -0.2) is 9.97 Å². The fourth-order valence-corrected chi connectivity index (χ4v) is 1.72. The van der Waals surface area contributed by atoms with Crippen molar-refractivity contribution in [3.8, 4) is 11.4 Å². The first-order valence-corrected chi connectivity index (χ1v) is 5.73. The summed E-state index contributed by atoms with van der Waals surface area (Å²) < 4.78 is 0. The van der Waals surface area contributed by atoms with E-state index >= 15 is 0 Å². The molecule has 0 saturated carbocycles. The molecule has 0 atom stereocenters. The Labute approximate surface area is 102 Å². The van der Waals surface area contributed by atoms with Crippen LogP contribution in [-0.2, 0) is 6.54 Å². The lowest BCUT2D eigenvalue weighted by molar-refractivity contribution is 0.926. The van der Waals surface area contributed by atoms with Crippen molar-refractivity contribution in [3.05, 3.63) is 46.8 Å². The van der Waals surface area contributed by atoms with E-state index in [0.717, 1.165) is 28.3 Å². The molecule has 0 fully saturated rings. The second kappa shape index (κ2) is 4.63. The van der Waals surface area contributed by atoms with Crippen LogP contribution in [0.3, 0.4) is 0 Å². The number of aromatic nitrogens is 2. The summed E-state index contributed by atoms with van der Waals surface area (Å²) >= 11 is 0. The van der Waals surface area contributed by atoms with E-state index in [1.165, 1.54) is 5.56 Å². The topological polar surface area (TPSA) is 51.8 Å². The van der Waals surface area contributed by atoms with Gasteiger partial charge in [-0.15, -0.1) is 0 Å². The minimum absolute atomic E-state index is 0.452. The molecule has 0 spiro atoms. The van der Waals surface area contributed by atoms with Gasteiger partial charge in [-0.25, -0.2) is 9.97 Å². The highest BCUT2D eigenvalue weighted by atomic mass is 14.9. The number of nitrogens with two attached hydrogens (primary N) is 1. The van der Waals surface area contributed by atoms with E-state index in [1.807, 2.05) is 26.0 Å². The quantitative estimate of drug-likeness (QED) is 0.857. The van der Waals surface area contributed by atoms with E-state index in [2.05, 4.69) is 29.0 Å². The summed E-state index contributed by atoms with van der Waals surface area (Å²) in [6, 6.07) is 8.21. The Bertz CT molecular complexity index is 530. The predicted molar refractivity (Wildman–Crippen MR) is 69.6 cm³/mol. The van der Waals surface area contributed by atoms with Crippen LogP contribution in [0.5, 0.6) is 0 Å². The molecule has 0 unspecified atom stereocenters. The monoisotopic (exact) mass is 227 g/mol. The van der Waals surface area contributed by atoms with Gasteiger partial charge in [-0.05, 0) is 26.3 Å². The highest BCUT2D eigenvalue weighted by molar-refractivity contribution is 5.56. The van der Waals surface area contributed by atoms with Gasteiger partial charge in [0, 0.05) is 17.8 Å². The van der Waals surface area contributed by atoms with Crippen molar-refractivity contribution in [1.29, 1.82) is 0 Å². The summed E-state index contributed by atoms with van der Waals surface area (Å²) in [5.41, 5.74) is 11.0. The highest BCUT2D eigenvalue weighted by Gasteiger charge is 2.08. The van der Waals surface area contributed by atoms with Crippen molar-refractivity contribution in [1.82, 2.24) is 9.97 Å². The predicted octanol–water partition coefficient (Wildman–Crippen LogP) is 2.53. The van der Waals surface area contributed by atoms with E-state index in [9.17, 15) is 0 Å². The molecule has 1 heterocycles. The van der Waals surface area contributed by atoms with Crippen LogP contribution < -0.4 is 5.73 Å². The van der Waals surface area contributed by atoms with Crippen molar-refractivity contribution in [2.24, 2.45) is 5.73 Å². The SMILES string of the molecule is Cc1ccc(-c2nc(C)c(C)c(CN)n2)cc1. The van der Waals surface area contributed by atoms with Gasteiger partial charge in [0.05, 0.1) is 5.69 Å². The average Bonchev–Trinajstić information content (AvgIpc) is 2.33. The second-order valence-corrected chi connectivity index (χ2v) is 4.27. The minimum Gasteiger partial charge on any atom is -0.325 e. The molecule has 0 aliphatic rings. The molecule has 88 valence electrons. The van der Waals surface area contributed by atoms with Crippen molar-refractivity contribution < 1.29 is 0 Å². The molecule has 2 rings (SSSR count). The Morgan fingerprint density at radius 1 is 1.00 bits per heavy atom. The molecule has 0 aliphatic heterocycles. The lowest BCUT2D eigenvalue weighted by atomic mass is 10.1. The van der Waals surface area contributed by atoms with Crippen LogP contribution in [0.2, 0.25) is 0 Å². The van der Waals surface area contributed by atoms with Gasteiger partial charge in [-0.3, -0.25) is 0 Å². The first-order valence-electron chi connectivity index (χ1n) is 5.73. The summed E-state index contributed by atoms with van der Waals surface area (Å²) in [6.45, 7) is 6.52. The first-order chi connectivity index (χ1) is 8.11. The number of nitrogens with zero attached hydrogens (tertiary/aromatic N) is 2. The van der Waals surface area contributed by atoms with E-state index in [-0.39, 0.29) is 0 Å². The largest absolute Gasteiger partial charge is 0.325 e. The molecule has 0 aliphatic carbocycles. The van der Waals surface area contributed by atoms with Gasteiger partial charge in [0.2, 0.25) is 0 Å². The molecule has 1 aromatic heterocycles. The maximum atomic E-state index is 5.70. The number of hydrogen-bond donors (Lipinski definition) is 1. The normalized spacial score (nSPS) is 10.6. The Kier molecular flexibility index (Phi) is 3.20. The molecule has 2 aromatic rings. The summed E-state index contributed by atoms with van der Waals surface area (Å²) in [7, 11) is 0. The van der Waals surface area contributed by atoms with Crippen LogP contribution in [0.25, 0.3) is 11.4 Å². The molecule has 0 bridgehead atoms. The van der Waals surface area contributed by atoms with Gasteiger partial charge < -0.3 is 5.73 Å². The lowest BCUT2D eigenvalue weighted by Crippen LogP contribution is -2.07. The molecule has 17 heavy (non-hydrogen) atoms. The summed E-state index contributed by atoms with van der Waals surface area (Å²) in [5, 5.41) is 0. The van der Waals surface area contributed by atoms with Crippen molar-refractivity contribution >= 4 is 0 Å². The van der Waals surface area contributed by atoms with Crippen LogP contribution in [0.1, 0.15) is 22.5 Å². The molecule has 1 aromatic carbocycles. The smallest absolute Gasteiger partial charge is 0.159 e. The van der Waals surface area contributed by atoms with Crippen LogP contribution >= 0.6 is 0 Å². The van der Waals surface area contributed by atoms with Crippen molar-refractivity contribution in [2.75, 3.05) is 0 Å². The van der Waals surface area contributed by atoms with Gasteiger partial charge in [0.25, 0.3) is 0 Å². The summed E-state index contributed by atoms with van der Waals surface area (Å²) in [4.78, 5) is 9.03. The molecule has 3 nitrogen and oxygen atoms in total. The highest BCUT2D eigenvalue weighted by Crippen LogP contribution is 2.18. The fourth-order valence-electron chi connectivity index (χ4n) is 1.72. The Hall–Kier alpha value is -1.74. The zero-order valence-corrected chi connectivity index (χ0v) is 10.5. The second-order valence-electron chi connectivity index (χ2n) is 4.27. The third-order valence-corrected chi connectivity index (χ3v) is 2.99. The first kappa shape index (κ1) is 11.7. The lowest BCUT2D eigenvalue weighted by Gasteiger charge is -2.09. The zero-order valence-electron chi connectivity index (χ0n) is 10.5. The van der Waals surface area contributed by atoms with Gasteiger partial charge in [-0.1, -0.05) is 29.8 Å². The number of benzene rings is 1. The van der Waals surface area contributed by atoms with Gasteiger partial charge in [0.1, 0.15) is 0 Å². The van der Waals surface area contributed by atoms with Crippen LogP contribution in [0.4, 0.5) is 0 Å². The average molecular weight is 227 g/mol. The van der Waals surface area contributed by atoms with Crippen molar-refractivity contribution in [2.45, 2.75) is 27.3 Å². The van der Waals surface area contributed by atoms with Crippen LogP contribution in [0, 0.1) is 20.8 Å². The molecule has 0 amide bonds. The molecule has 2 N–H and O–H groups in total. The standard InChI is InChI=1S/C14H17N3/c1-9-4-6-12(7-5-9)14-16-11(3)10(2)13(8-15)17-14/h4-7H,8,15H2,1-3H3. The molecular weight excluding hydrogens is 210 g/mol. The Balaban J connectivity index is 2.52. The molecule has 0 radical (unpaired) electrons. The minimum atomic E-state index is 0.452. The Morgan fingerprint density at radius 3 is 2.24 bits per heavy atom.